The van der Waals surface area contributed by atoms with Gasteiger partial charge in [0.05, 0.1) is 0 Å². The summed E-state index contributed by atoms with van der Waals surface area (Å²) >= 11 is 0. The molecule has 3 aliphatic rings. The average molecular weight is 449 g/mol. The van der Waals surface area contributed by atoms with Crippen molar-refractivity contribution in [1.29, 1.82) is 0 Å². The number of rotatable bonds is 7. The summed E-state index contributed by atoms with van der Waals surface area (Å²) in [4.78, 5) is 29.8. The summed E-state index contributed by atoms with van der Waals surface area (Å²) in [5.74, 6) is -0.976. The number of fused-ring (bicyclic) bond motifs is 3. The van der Waals surface area contributed by atoms with Gasteiger partial charge in [-0.1, -0.05) is 55.5 Å². The van der Waals surface area contributed by atoms with Crippen molar-refractivity contribution in [1.82, 2.24) is 9.80 Å². The highest BCUT2D eigenvalue weighted by atomic mass is 16.6. The number of carbonyl (C=O) groups is 2. The maximum Gasteiger partial charge on any atom is 0.410 e. The summed E-state index contributed by atoms with van der Waals surface area (Å²) < 4.78 is 5.89. The van der Waals surface area contributed by atoms with Gasteiger partial charge in [0, 0.05) is 31.1 Å². The molecule has 2 aromatic rings. The fraction of sp³-hybridized carbons (Fsp3) is 0.481. The molecule has 2 atom stereocenters. The fourth-order valence-corrected chi connectivity index (χ4v) is 5.87. The van der Waals surface area contributed by atoms with E-state index in [2.05, 4.69) is 36.1 Å². The van der Waals surface area contributed by atoms with E-state index in [-0.39, 0.29) is 18.6 Å². The van der Waals surface area contributed by atoms with E-state index in [0.717, 1.165) is 24.0 Å². The van der Waals surface area contributed by atoms with Crippen molar-refractivity contribution in [2.24, 2.45) is 0 Å². The second kappa shape index (κ2) is 8.49. The molecule has 1 saturated carbocycles. The number of benzene rings is 2. The monoisotopic (exact) mass is 448 g/mol. The Hall–Kier alpha value is -2.86. The molecule has 174 valence electrons. The zero-order valence-electron chi connectivity index (χ0n) is 19.4. The highest BCUT2D eigenvalue weighted by Gasteiger charge is 2.56. The first kappa shape index (κ1) is 22.0. The van der Waals surface area contributed by atoms with Gasteiger partial charge in [0.2, 0.25) is 0 Å². The Morgan fingerprint density at radius 1 is 1.09 bits per heavy atom. The summed E-state index contributed by atoms with van der Waals surface area (Å²) in [5, 5.41) is 10.3. The molecule has 0 bridgehead atoms. The highest BCUT2D eigenvalue weighted by molar-refractivity contribution is 5.85. The molecule has 2 aliphatic carbocycles. The lowest BCUT2D eigenvalue weighted by atomic mass is 9.94. The number of nitrogens with zero attached hydrogens (tertiary/aromatic N) is 2. The molecule has 33 heavy (non-hydrogen) atoms. The number of carbonyl (C=O) groups excluding carboxylic acids is 1. The molecule has 1 heterocycles. The average Bonchev–Trinajstić information content (AvgIpc) is 3.53. The van der Waals surface area contributed by atoms with Gasteiger partial charge in [-0.05, 0) is 54.9 Å². The van der Waals surface area contributed by atoms with Crippen molar-refractivity contribution in [3.05, 3.63) is 59.7 Å². The Morgan fingerprint density at radius 2 is 1.70 bits per heavy atom. The lowest BCUT2D eigenvalue weighted by Crippen LogP contribution is -2.59. The topological polar surface area (TPSA) is 70.1 Å². The molecule has 2 unspecified atom stereocenters. The van der Waals surface area contributed by atoms with Crippen molar-refractivity contribution < 1.29 is 19.4 Å². The standard InChI is InChI=1S/C27H32N2O4/c1-3-14-29(27(25(30)31)15-18(2)28(17-27)19-12-13-19)26(32)33-16-24-22-10-6-4-8-20(22)21-9-5-7-11-23(21)24/h4-11,18-19,24H,3,12-17H2,1-2H3,(H,30,31). The van der Waals surface area contributed by atoms with Crippen LogP contribution in [-0.2, 0) is 9.53 Å². The summed E-state index contributed by atoms with van der Waals surface area (Å²) in [5.41, 5.74) is 3.41. The van der Waals surface area contributed by atoms with E-state index in [0.29, 0.717) is 32.0 Å². The van der Waals surface area contributed by atoms with Crippen LogP contribution in [0.3, 0.4) is 0 Å². The lowest BCUT2D eigenvalue weighted by molar-refractivity contribution is -0.150. The van der Waals surface area contributed by atoms with Gasteiger partial charge in [-0.15, -0.1) is 0 Å². The molecule has 2 fully saturated rings. The number of carboxylic acids is 1. The number of hydrogen-bond donors (Lipinski definition) is 1. The maximum atomic E-state index is 13.4. The van der Waals surface area contributed by atoms with Crippen LogP contribution >= 0.6 is 0 Å². The van der Waals surface area contributed by atoms with Crippen molar-refractivity contribution in [2.45, 2.75) is 63.1 Å². The zero-order chi connectivity index (χ0) is 23.2. The van der Waals surface area contributed by atoms with Crippen LogP contribution in [0.1, 0.15) is 56.6 Å². The van der Waals surface area contributed by atoms with Crippen molar-refractivity contribution in [3.63, 3.8) is 0 Å². The van der Waals surface area contributed by atoms with Crippen LogP contribution in [0.5, 0.6) is 0 Å². The number of aliphatic carboxylic acids is 1. The first-order chi connectivity index (χ1) is 16.0. The first-order valence-corrected chi connectivity index (χ1v) is 12.1. The third-order valence-electron chi connectivity index (χ3n) is 7.58. The molecule has 6 heteroatoms. The number of likely N-dealkylation sites (tertiary alicyclic amines) is 1. The Bertz CT molecular complexity index is 1020. The Balaban J connectivity index is 1.38. The van der Waals surface area contributed by atoms with Crippen LogP contribution < -0.4 is 0 Å². The normalized spacial score (nSPS) is 24.4. The summed E-state index contributed by atoms with van der Waals surface area (Å²) in [6.07, 6.45) is 2.81. The summed E-state index contributed by atoms with van der Waals surface area (Å²) in [6, 6.07) is 17.0. The Labute approximate surface area is 195 Å². The van der Waals surface area contributed by atoms with Gasteiger partial charge >= 0.3 is 12.1 Å². The molecular weight excluding hydrogens is 416 g/mol. The summed E-state index contributed by atoms with van der Waals surface area (Å²) in [7, 11) is 0. The minimum absolute atomic E-state index is 0.0453. The van der Waals surface area contributed by atoms with E-state index < -0.39 is 17.6 Å². The third-order valence-corrected chi connectivity index (χ3v) is 7.58. The number of carboxylic acid groups (broad SMARTS) is 1. The molecule has 5 rings (SSSR count). The minimum Gasteiger partial charge on any atom is -0.479 e. The Kier molecular flexibility index (Phi) is 5.65. The molecule has 0 aromatic heterocycles. The summed E-state index contributed by atoms with van der Waals surface area (Å²) in [6.45, 7) is 4.98. The lowest BCUT2D eigenvalue weighted by Gasteiger charge is -2.37. The molecule has 1 amide bonds. The van der Waals surface area contributed by atoms with Crippen LogP contribution in [0.15, 0.2) is 48.5 Å². The molecule has 6 nitrogen and oxygen atoms in total. The van der Waals surface area contributed by atoms with E-state index in [1.807, 2.05) is 31.2 Å². The minimum atomic E-state index is -1.24. The van der Waals surface area contributed by atoms with Crippen molar-refractivity contribution >= 4 is 12.1 Å². The van der Waals surface area contributed by atoms with Gasteiger partial charge in [0.25, 0.3) is 0 Å². The second-order valence-electron chi connectivity index (χ2n) is 9.75. The zero-order valence-corrected chi connectivity index (χ0v) is 19.4. The number of amides is 1. The molecular formula is C27H32N2O4. The maximum absolute atomic E-state index is 13.4. The van der Waals surface area contributed by atoms with E-state index in [1.54, 1.807) is 0 Å². The van der Waals surface area contributed by atoms with Gasteiger partial charge in [-0.25, -0.2) is 9.59 Å². The van der Waals surface area contributed by atoms with Crippen LogP contribution in [0.2, 0.25) is 0 Å². The largest absolute Gasteiger partial charge is 0.479 e. The highest BCUT2D eigenvalue weighted by Crippen LogP contribution is 2.45. The van der Waals surface area contributed by atoms with Crippen LogP contribution in [-0.4, -0.2) is 64.3 Å². The van der Waals surface area contributed by atoms with Gasteiger partial charge in [-0.2, -0.15) is 0 Å². The molecule has 1 N–H and O–H groups in total. The van der Waals surface area contributed by atoms with Crippen molar-refractivity contribution in [3.8, 4) is 11.1 Å². The van der Waals surface area contributed by atoms with Crippen LogP contribution in [0.4, 0.5) is 4.79 Å². The van der Waals surface area contributed by atoms with Crippen LogP contribution in [0, 0.1) is 0 Å². The van der Waals surface area contributed by atoms with Crippen molar-refractivity contribution in [2.75, 3.05) is 19.7 Å². The SMILES string of the molecule is CCCN(C(=O)OCC1c2ccccc2-c2ccccc21)C1(C(=O)O)CC(C)N(C2CC2)C1. The fourth-order valence-electron chi connectivity index (χ4n) is 5.87. The van der Waals surface area contributed by atoms with E-state index >= 15 is 0 Å². The van der Waals surface area contributed by atoms with Gasteiger partial charge in [0.15, 0.2) is 5.54 Å². The quantitative estimate of drug-likeness (QED) is 0.663. The predicted octanol–water partition coefficient (Wildman–Crippen LogP) is 4.73. The van der Waals surface area contributed by atoms with Gasteiger partial charge < -0.3 is 9.84 Å². The van der Waals surface area contributed by atoms with Crippen LogP contribution in [0.25, 0.3) is 11.1 Å². The van der Waals surface area contributed by atoms with E-state index in [9.17, 15) is 14.7 Å². The molecule has 1 aliphatic heterocycles. The smallest absolute Gasteiger partial charge is 0.410 e. The van der Waals surface area contributed by atoms with Gasteiger partial charge in [-0.3, -0.25) is 9.80 Å². The molecule has 0 radical (unpaired) electrons. The molecule has 0 spiro atoms. The van der Waals surface area contributed by atoms with E-state index in [4.69, 9.17) is 4.74 Å². The van der Waals surface area contributed by atoms with Gasteiger partial charge in [0.1, 0.15) is 6.61 Å². The number of ether oxygens (including phenoxy) is 1. The molecule has 2 aromatic carbocycles. The second-order valence-corrected chi connectivity index (χ2v) is 9.75. The molecule has 1 saturated heterocycles. The predicted molar refractivity (Wildman–Crippen MR) is 126 cm³/mol. The number of hydrogen-bond acceptors (Lipinski definition) is 4. The first-order valence-electron chi connectivity index (χ1n) is 12.1. The third kappa shape index (κ3) is 3.70. The Morgan fingerprint density at radius 3 is 2.24 bits per heavy atom. The van der Waals surface area contributed by atoms with E-state index in [1.165, 1.54) is 16.0 Å².